The zero-order valence-corrected chi connectivity index (χ0v) is 14.8. The van der Waals surface area contributed by atoms with Crippen LogP contribution in [0.15, 0.2) is 53.3 Å². The van der Waals surface area contributed by atoms with E-state index in [1.54, 1.807) is 0 Å². The number of allylic oxidation sites excluding steroid dienone is 1. The Bertz CT molecular complexity index is 723. The SMILES string of the molecule is C=C(C1=NC=CC(NC)/C1=C\NCc1ccc(C)nc1C)C1CC1. The fraction of sp³-hybridized carbons (Fsp3) is 0.400. The monoisotopic (exact) mass is 322 g/mol. The third-order valence-corrected chi connectivity index (χ3v) is 4.66. The maximum absolute atomic E-state index is 4.60. The summed E-state index contributed by atoms with van der Waals surface area (Å²) in [7, 11) is 1.97. The van der Waals surface area contributed by atoms with Crippen LogP contribution in [0, 0.1) is 19.8 Å². The highest BCUT2D eigenvalue weighted by atomic mass is 14.9. The second-order valence-corrected chi connectivity index (χ2v) is 6.56. The van der Waals surface area contributed by atoms with Crippen LogP contribution in [0.4, 0.5) is 0 Å². The molecule has 0 saturated heterocycles. The van der Waals surface area contributed by atoms with E-state index in [4.69, 9.17) is 0 Å². The highest BCUT2D eigenvalue weighted by Gasteiger charge is 2.31. The molecule has 1 aromatic heterocycles. The van der Waals surface area contributed by atoms with Gasteiger partial charge in [0, 0.05) is 35.9 Å². The zero-order valence-electron chi connectivity index (χ0n) is 14.8. The Morgan fingerprint density at radius 2 is 2.12 bits per heavy atom. The molecule has 0 amide bonds. The van der Waals surface area contributed by atoms with Gasteiger partial charge in [-0.25, -0.2) is 0 Å². The van der Waals surface area contributed by atoms with Gasteiger partial charge in [-0.3, -0.25) is 9.98 Å². The molecule has 126 valence electrons. The molecule has 1 aromatic rings. The van der Waals surface area contributed by atoms with Crippen LogP contribution in [0.25, 0.3) is 0 Å². The summed E-state index contributed by atoms with van der Waals surface area (Å²) in [5.74, 6) is 0.611. The second-order valence-electron chi connectivity index (χ2n) is 6.56. The number of pyridine rings is 1. The van der Waals surface area contributed by atoms with E-state index in [1.165, 1.54) is 24.0 Å². The van der Waals surface area contributed by atoms with Crippen molar-refractivity contribution in [1.29, 1.82) is 0 Å². The molecule has 1 aliphatic heterocycles. The van der Waals surface area contributed by atoms with Crippen molar-refractivity contribution in [2.45, 2.75) is 39.3 Å². The van der Waals surface area contributed by atoms with E-state index < -0.39 is 0 Å². The van der Waals surface area contributed by atoms with Crippen LogP contribution < -0.4 is 10.6 Å². The van der Waals surface area contributed by atoms with Crippen molar-refractivity contribution in [3.63, 3.8) is 0 Å². The molecule has 4 nitrogen and oxygen atoms in total. The van der Waals surface area contributed by atoms with Crippen LogP contribution in [-0.2, 0) is 6.54 Å². The van der Waals surface area contributed by atoms with Crippen LogP contribution in [-0.4, -0.2) is 23.8 Å². The van der Waals surface area contributed by atoms with E-state index in [0.29, 0.717) is 5.92 Å². The Balaban J connectivity index is 1.75. The van der Waals surface area contributed by atoms with Crippen LogP contribution in [0.5, 0.6) is 0 Å². The number of rotatable bonds is 6. The van der Waals surface area contributed by atoms with Crippen molar-refractivity contribution in [1.82, 2.24) is 15.6 Å². The number of aliphatic imine (C=N–C) groups is 1. The van der Waals surface area contributed by atoms with Crippen LogP contribution in [0.2, 0.25) is 0 Å². The summed E-state index contributed by atoms with van der Waals surface area (Å²) in [6.45, 7) is 9.11. The van der Waals surface area contributed by atoms with Crippen LogP contribution in [0.3, 0.4) is 0 Å². The van der Waals surface area contributed by atoms with E-state index in [1.807, 2.05) is 20.2 Å². The van der Waals surface area contributed by atoms with Crippen molar-refractivity contribution in [3.05, 3.63) is 65.3 Å². The molecule has 0 bridgehead atoms. The molecule has 0 radical (unpaired) electrons. The van der Waals surface area contributed by atoms with Gasteiger partial charge >= 0.3 is 0 Å². The molecule has 2 heterocycles. The first kappa shape index (κ1) is 16.7. The fourth-order valence-electron chi connectivity index (χ4n) is 3.01. The van der Waals surface area contributed by atoms with E-state index in [0.717, 1.165) is 29.2 Å². The fourth-order valence-corrected chi connectivity index (χ4v) is 3.01. The van der Waals surface area contributed by atoms with Gasteiger partial charge in [0.1, 0.15) is 0 Å². The Labute approximate surface area is 144 Å². The first-order valence-electron chi connectivity index (χ1n) is 8.58. The Morgan fingerprint density at radius 3 is 2.79 bits per heavy atom. The maximum atomic E-state index is 4.60. The van der Waals surface area contributed by atoms with Gasteiger partial charge in [-0.15, -0.1) is 0 Å². The summed E-state index contributed by atoms with van der Waals surface area (Å²) in [6.07, 6.45) is 8.52. The molecule has 2 aliphatic rings. The summed E-state index contributed by atoms with van der Waals surface area (Å²) >= 11 is 0. The first-order valence-corrected chi connectivity index (χ1v) is 8.58. The number of likely N-dealkylation sites (N-methyl/N-ethyl adjacent to an activating group) is 1. The maximum Gasteiger partial charge on any atom is 0.0723 e. The molecule has 2 N–H and O–H groups in total. The van der Waals surface area contributed by atoms with E-state index in [-0.39, 0.29) is 6.04 Å². The molecule has 3 rings (SSSR count). The van der Waals surface area contributed by atoms with Crippen molar-refractivity contribution in [3.8, 4) is 0 Å². The van der Waals surface area contributed by atoms with Crippen LogP contribution >= 0.6 is 0 Å². The minimum absolute atomic E-state index is 0.165. The van der Waals surface area contributed by atoms with Crippen molar-refractivity contribution < 1.29 is 0 Å². The van der Waals surface area contributed by atoms with Gasteiger partial charge in [-0.2, -0.15) is 0 Å². The molecule has 1 atom stereocenters. The van der Waals surface area contributed by atoms with E-state index >= 15 is 0 Å². The van der Waals surface area contributed by atoms with Gasteiger partial charge in [0.15, 0.2) is 0 Å². The summed E-state index contributed by atoms with van der Waals surface area (Å²) in [5.41, 5.74) is 6.70. The number of hydrogen-bond acceptors (Lipinski definition) is 4. The average Bonchev–Trinajstić information content (AvgIpc) is 3.41. The second kappa shape index (κ2) is 7.14. The van der Waals surface area contributed by atoms with Crippen LogP contribution in [0.1, 0.15) is 29.8 Å². The minimum Gasteiger partial charge on any atom is -0.386 e. The number of aromatic nitrogens is 1. The standard InChI is InChI=1S/C20H26N4/c1-13-5-6-17(15(3)24-13)11-22-12-18-19(21-4)9-10-23-20(18)14(2)16-7-8-16/h5-6,9-10,12,16,19,21-22H,2,7-8,11H2,1,3-4H3/b18-12+. The van der Waals surface area contributed by atoms with Crippen molar-refractivity contribution >= 4 is 5.71 Å². The lowest BCUT2D eigenvalue weighted by Crippen LogP contribution is -2.33. The lowest BCUT2D eigenvalue weighted by atomic mass is 9.93. The molecule has 1 unspecified atom stereocenters. The summed E-state index contributed by atoms with van der Waals surface area (Å²) < 4.78 is 0. The largest absolute Gasteiger partial charge is 0.386 e. The van der Waals surface area contributed by atoms with Gasteiger partial charge in [-0.05, 0) is 62.9 Å². The highest BCUT2D eigenvalue weighted by molar-refractivity contribution is 6.14. The van der Waals surface area contributed by atoms with Crippen molar-refractivity contribution in [2.75, 3.05) is 7.05 Å². The smallest absolute Gasteiger partial charge is 0.0723 e. The lowest BCUT2D eigenvalue weighted by molar-refractivity contribution is 0.748. The Morgan fingerprint density at radius 1 is 1.33 bits per heavy atom. The van der Waals surface area contributed by atoms with E-state index in [2.05, 4.69) is 58.5 Å². The molecule has 0 aromatic carbocycles. The number of nitrogens with zero attached hydrogens (tertiary/aromatic N) is 2. The number of nitrogens with one attached hydrogen (secondary N) is 2. The molecule has 1 aliphatic carbocycles. The first-order chi connectivity index (χ1) is 11.6. The Kier molecular flexibility index (Phi) is 4.95. The number of aryl methyl sites for hydroxylation is 2. The van der Waals surface area contributed by atoms with Gasteiger partial charge in [0.05, 0.1) is 11.8 Å². The molecule has 1 fully saturated rings. The number of hydrogen-bond donors (Lipinski definition) is 2. The minimum atomic E-state index is 0.165. The Hall–Kier alpha value is -2.20. The summed E-state index contributed by atoms with van der Waals surface area (Å²) in [6, 6.07) is 4.36. The molecular formula is C20H26N4. The quantitative estimate of drug-likeness (QED) is 0.845. The predicted molar refractivity (Wildman–Crippen MR) is 99.9 cm³/mol. The highest BCUT2D eigenvalue weighted by Crippen LogP contribution is 2.38. The van der Waals surface area contributed by atoms with E-state index in [9.17, 15) is 0 Å². The predicted octanol–water partition coefficient (Wildman–Crippen LogP) is 3.19. The van der Waals surface area contributed by atoms with Gasteiger partial charge < -0.3 is 10.6 Å². The lowest BCUT2D eigenvalue weighted by Gasteiger charge is -2.23. The average molecular weight is 322 g/mol. The normalized spacial score (nSPS) is 21.7. The van der Waals surface area contributed by atoms with Gasteiger partial charge in [-0.1, -0.05) is 12.6 Å². The van der Waals surface area contributed by atoms with Crippen molar-refractivity contribution in [2.24, 2.45) is 10.9 Å². The molecule has 0 spiro atoms. The van der Waals surface area contributed by atoms with Gasteiger partial charge in [0.25, 0.3) is 0 Å². The van der Waals surface area contributed by atoms with Gasteiger partial charge in [0.2, 0.25) is 0 Å². The molecule has 4 heteroatoms. The zero-order chi connectivity index (χ0) is 17.1. The molecule has 1 saturated carbocycles. The third kappa shape index (κ3) is 3.65. The topological polar surface area (TPSA) is 49.3 Å². The molecular weight excluding hydrogens is 296 g/mol. The summed E-state index contributed by atoms with van der Waals surface area (Å²) in [4.78, 5) is 9.12. The summed E-state index contributed by atoms with van der Waals surface area (Å²) in [5, 5.41) is 6.78. The molecule has 24 heavy (non-hydrogen) atoms. The third-order valence-electron chi connectivity index (χ3n) is 4.66.